The highest BCUT2D eigenvalue weighted by molar-refractivity contribution is 5.81. The van der Waals surface area contributed by atoms with Gasteiger partial charge in [-0.15, -0.1) is 0 Å². The minimum absolute atomic E-state index is 0.119. The zero-order valence-corrected chi connectivity index (χ0v) is 11.6. The van der Waals surface area contributed by atoms with Gasteiger partial charge in [-0.05, 0) is 24.3 Å². The summed E-state index contributed by atoms with van der Waals surface area (Å²) in [5, 5.41) is 1.19. The van der Waals surface area contributed by atoms with Gasteiger partial charge in [0.05, 0.1) is 6.26 Å². The summed E-state index contributed by atoms with van der Waals surface area (Å²) in [5.41, 5.74) is 8.74. The molecular weight excluding hydrogens is 234 g/mol. The van der Waals surface area contributed by atoms with Crippen LogP contribution in [-0.2, 0) is 0 Å². The second-order valence-electron chi connectivity index (χ2n) is 5.83. The van der Waals surface area contributed by atoms with Gasteiger partial charge in [-0.3, -0.25) is 0 Å². The van der Waals surface area contributed by atoms with Crippen LogP contribution in [0.15, 0.2) is 34.9 Å². The first-order valence-electron chi connectivity index (χ1n) is 7.53. The Labute approximate surface area is 115 Å². The molecule has 1 aromatic carbocycles. The molecule has 1 aromatic heterocycles. The zero-order chi connectivity index (χ0) is 13.2. The first kappa shape index (κ1) is 12.7. The molecule has 1 fully saturated rings. The Bertz CT molecular complexity index is 545. The summed E-state index contributed by atoms with van der Waals surface area (Å²) in [6.07, 6.45) is 8.41. The van der Waals surface area contributed by atoms with Crippen molar-refractivity contribution >= 4 is 11.0 Å². The standard InChI is InChI=1S/C17H23NO/c1-2-12-7-3-4-8-13(12)17(18)15-11-19-16-10-6-5-9-14(15)16/h5-6,9-13,17H,2-4,7-8,18H2,1H3. The monoisotopic (exact) mass is 257 g/mol. The Balaban J connectivity index is 1.92. The Morgan fingerprint density at radius 2 is 2.05 bits per heavy atom. The first-order chi connectivity index (χ1) is 9.31. The highest BCUT2D eigenvalue weighted by Gasteiger charge is 2.31. The van der Waals surface area contributed by atoms with Crippen LogP contribution in [0.25, 0.3) is 11.0 Å². The smallest absolute Gasteiger partial charge is 0.134 e. The minimum Gasteiger partial charge on any atom is -0.464 e. The summed E-state index contributed by atoms with van der Waals surface area (Å²) < 4.78 is 5.65. The maximum absolute atomic E-state index is 6.59. The van der Waals surface area contributed by atoms with Crippen LogP contribution in [0.4, 0.5) is 0 Å². The fourth-order valence-electron chi connectivity index (χ4n) is 3.70. The highest BCUT2D eigenvalue weighted by atomic mass is 16.3. The van der Waals surface area contributed by atoms with E-state index in [-0.39, 0.29) is 6.04 Å². The molecule has 0 bridgehead atoms. The number of fused-ring (bicyclic) bond motifs is 1. The lowest BCUT2D eigenvalue weighted by Gasteiger charge is -2.34. The minimum atomic E-state index is 0.119. The molecular formula is C17H23NO. The van der Waals surface area contributed by atoms with Gasteiger partial charge in [0, 0.05) is 17.0 Å². The lowest BCUT2D eigenvalue weighted by atomic mass is 9.72. The van der Waals surface area contributed by atoms with Crippen molar-refractivity contribution in [3.8, 4) is 0 Å². The Kier molecular flexibility index (Phi) is 3.61. The summed E-state index contributed by atoms with van der Waals surface area (Å²) in [4.78, 5) is 0. The van der Waals surface area contributed by atoms with Crippen molar-refractivity contribution in [3.05, 3.63) is 36.1 Å². The topological polar surface area (TPSA) is 39.2 Å². The molecule has 0 aliphatic heterocycles. The summed E-state index contributed by atoms with van der Waals surface area (Å²) in [6, 6.07) is 8.33. The van der Waals surface area contributed by atoms with Crippen molar-refractivity contribution in [3.63, 3.8) is 0 Å². The van der Waals surface area contributed by atoms with E-state index in [0.29, 0.717) is 5.92 Å². The second-order valence-corrected chi connectivity index (χ2v) is 5.83. The molecule has 102 valence electrons. The van der Waals surface area contributed by atoms with E-state index >= 15 is 0 Å². The molecule has 2 aromatic rings. The van der Waals surface area contributed by atoms with Crippen molar-refractivity contribution < 1.29 is 4.42 Å². The number of nitrogens with two attached hydrogens (primary N) is 1. The van der Waals surface area contributed by atoms with Crippen molar-refractivity contribution in [2.45, 2.75) is 45.1 Å². The first-order valence-corrected chi connectivity index (χ1v) is 7.53. The Morgan fingerprint density at radius 1 is 1.26 bits per heavy atom. The molecule has 1 aliphatic carbocycles. The lowest BCUT2D eigenvalue weighted by Crippen LogP contribution is -2.30. The Morgan fingerprint density at radius 3 is 2.89 bits per heavy atom. The average molecular weight is 257 g/mol. The number of hydrogen-bond acceptors (Lipinski definition) is 2. The average Bonchev–Trinajstić information content (AvgIpc) is 2.90. The van der Waals surface area contributed by atoms with Crippen LogP contribution in [0.2, 0.25) is 0 Å². The quantitative estimate of drug-likeness (QED) is 0.869. The third-order valence-corrected chi connectivity index (χ3v) is 4.82. The molecule has 1 saturated carbocycles. The van der Waals surface area contributed by atoms with Gasteiger partial charge in [-0.2, -0.15) is 0 Å². The largest absolute Gasteiger partial charge is 0.464 e. The van der Waals surface area contributed by atoms with Crippen LogP contribution >= 0.6 is 0 Å². The Hall–Kier alpha value is -1.28. The number of furan rings is 1. The third-order valence-electron chi connectivity index (χ3n) is 4.82. The van der Waals surface area contributed by atoms with Gasteiger partial charge in [-0.1, -0.05) is 50.8 Å². The molecule has 1 aliphatic rings. The van der Waals surface area contributed by atoms with Crippen LogP contribution in [0.5, 0.6) is 0 Å². The van der Waals surface area contributed by atoms with Gasteiger partial charge in [0.15, 0.2) is 0 Å². The molecule has 0 amide bonds. The fraction of sp³-hybridized carbons (Fsp3) is 0.529. The van der Waals surface area contributed by atoms with Crippen LogP contribution in [0.3, 0.4) is 0 Å². The van der Waals surface area contributed by atoms with E-state index in [4.69, 9.17) is 10.2 Å². The van der Waals surface area contributed by atoms with E-state index < -0.39 is 0 Å². The zero-order valence-electron chi connectivity index (χ0n) is 11.6. The molecule has 0 saturated heterocycles. The lowest BCUT2D eigenvalue weighted by molar-refractivity contribution is 0.196. The van der Waals surface area contributed by atoms with Crippen molar-refractivity contribution in [2.75, 3.05) is 0 Å². The highest BCUT2D eigenvalue weighted by Crippen LogP contribution is 2.41. The van der Waals surface area contributed by atoms with Gasteiger partial charge >= 0.3 is 0 Å². The predicted molar refractivity (Wildman–Crippen MR) is 78.9 cm³/mol. The molecule has 2 heteroatoms. The summed E-state index contributed by atoms with van der Waals surface area (Å²) in [5.74, 6) is 1.39. The van der Waals surface area contributed by atoms with Crippen LogP contribution in [-0.4, -0.2) is 0 Å². The maximum Gasteiger partial charge on any atom is 0.134 e. The normalized spacial score (nSPS) is 25.6. The molecule has 1 heterocycles. The number of rotatable bonds is 3. The molecule has 2 nitrogen and oxygen atoms in total. The third kappa shape index (κ3) is 2.30. The van der Waals surface area contributed by atoms with E-state index in [9.17, 15) is 0 Å². The summed E-state index contributed by atoms with van der Waals surface area (Å²) >= 11 is 0. The molecule has 3 atom stereocenters. The predicted octanol–water partition coefficient (Wildman–Crippen LogP) is 4.65. The SMILES string of the molecule is CCC1CCCCC1C(N)c1coc2ccccc12. The van der Waals surface area contributed by atoms with Gasteiger partial charge in [0.2, 0.25) is 0 Å². The molecule has 2 N–H and O–H groups in total. The summed E-state index contributed by atoms with van der Waals surface area (Å²) in [6.45, 7) is 2.29. The van der Waals surface area contributed by atoms with Crippen LogP contribution in [0.1, 0.15) is 50.6 Å². The molecule has 3 rings (SSSR count). The molecule has 19 heavy (non-hydrogen) atoms. The number of para-hydroxylation sites is 1. The van der Waals surface area contributed by atoms with Crippen LogP contribution in [0, 0.1) is 11.8 Å². The van der Waals surface area contributed by atoms with Gasteiger partial charge < -0.3 is 10.2 Å². The van der Waals surface area contributed by atoms with E-state index in [0.717, 1.165) is 11.5 Å². The number of benzene rings is 1. The van der Waals surface area contributed by atoms with Crippen molar-refractivity contribution in [2.24, 2.45) is 17.6 Å². The summed E-state index contributed by atoms with van der Waals surface area (Å²) in [7, 11) is 0. The van der Waals surface area contributed by atoms with E-state index in [1.807, 2.05) is 18.4 Å². The van der Waals surface area contributed by atoms with Gasteiger partial charge in [-0.25, -0.2) is 0 Å². The fourth-order valence-corrected chi connectivity index (χ4v) is 3.70. The van der Waals surface area contributed by atoms with E-state index in [1.54, 1.807) is 0 Å². The van der Waals surface area contributed by atoms with Gasteiger partial charge in [0.1, 0.15) is 5.58 Å². The van der Waals surface area contributed by atoms with Crippen molar-refractivity contribution in [1.82, 2.24) is 0 Å². The maximum atomic E-state index is 6.59. The number of hydrogen-bond donors (Lipinski definition) is 1. The van der Waals surface area contributed by atoms with E-state index in [1.165, 1.54) is 43.1 Å². The van der Waals surface area contributed by atoms with Gasteiger partial charge in [0.25, 0.3) is 0 Å². The van der Waals surface area contributed by atoms with Crippen molar-refractivity contribution in [1.29, 1.82) is 0 Å². The molecule has 0 radical (unpaired) electrons. The second kappa shape index (κ2) is 5.38. The molecule has 0 spiro atoms. The molecule has 3 unspecified atom stereocenters. The van der Waals surface area contributed by atoms with E-state index in [2.05, 4.69) is 19.1 Å². The van der Waals surface area contributed by atoms with Crippen LogP contribution < -0.4 is 5.73 Å².